The zero-order valence-corrected chi connectivity index (χ0v) is 17.8. The molecule has 142 valence electrons. The average Bonchev–Trinajstić information content (AvgIpc) is 3.25. The molecule has 0 unspecified atom stereocenters. The minimum absolute atomic E-state index is 0.0211. The SMILES string of the molecule is C[C@H]1[C@@H](CO[Si](c2ccccc2)(c2ccccc2)C(C)(C)C)[C@@H]2C=C[C@H]1O2. The smallest absolute Gasteiger partial charge is 0.261 e. The van der Waals surface area contributed by atoms with Crippen molar-refractivity contribution in [3.8, 4) is 0 Å². The lowest BCUT2D eigenvalue weighted by atomic mass is 9.85. The van der Waals surface area contributed by atoms with Crippen molar-refractivity contribution < 1.29 is 9.16 Å². The van der Waals surface area contributed by atoms with Crippen LogP contribution in [-0.4, -0.2) is 27.1 Å². The average molecular weight is 379 g/mol. The monoisotopic (exact) mass is 378 g/mol. The molecule has 1 fully saturated rings. The van der Waals surface area contributed by atoms with E-state index in [1.807, 2.05) is 0 Å². The molecule has 2 heterocycles. The predicted molar refractivity (Wildman–Crippen MR) is 114 cm³/mol. The number of rotatable bonds is 5. The molecule has 4 atom stereocenters. The van der Waals surface area contributed by atoms with Gasteiger partial charge in [0.05, 0.1) is 12.2 Å². The molecule has 27 heavy (non-hydrogen) atoms. The van der Waals surface area contributed by atoms with Crippen LogP contribution in [0.3, 0.4) is 0 Å². The summed E-state index contributed by atoms with van der Waals surface area (Å²) in [7, 11) is -2.45. The van der Waals surface area contributed by atoms with Crippen LogP contribution in [-0.2, 0) is 9.16 Å². The minimum Gasteiger partial charge on any atom is -0.407 e. The van der Waals surface area contributed by atoms with Crippen LogP contribution in [0.5, 0.6) is 0 Å². The molecule has 0 spiro atoms. The first-order valence-corrected chi connectivity index (χ1v) is 11.9. The normalized spacial score (nSPS) is 27.3. The van der Waals surface area contributed by atoms with Crippen molar-refractivity contribution in [3.63, 3.8) is 0 Å². The van der Waals surface area contributed by atoms with Gasteiger partial charge in [0.2, 0.25) is 0 Å². The molecule has 2 aliphatic rings. The number of benzene rings is 2. The maximum atomic E-state index is 7.10. The van der Waals surface area contributed by atoms with E-state index in [1.54, 1.807) is 0 Å². The van der Waals surface area contributed by atoms with Crippen molar-refractivity contribution in [1.82, 2.24) is 0 Å². The molecule has 2 bridgehead atoms. The fraction of sp³-hybridized carbons (Fsp3) is 0.417. The molecule has 0 radical (unpaired) electrons. The van der Waals surface area contributed by atoms with Gasteiger partial charge in [-0.15, -0.1) is 0 Å². The van der Waals surface area contributed by atoms with Gasteiger partial charge in [-0.3, -0.25) is 0 Å². The molecule has 2 nitrogen and oxygen atoms in total. The van der Waals surface area contributed by atoms with Crippen LogP contribution in [0, 0.1) is 11.8 Å². The summed E-state index contributed by atoms with van der Waals surface area (Å²) < 4.78 is 13.2. The van der Waals surface area contributed by atoms with Crippen LogP contribution >= 0.6 is 0 Å². The molecule has 2 aromatic rings. The predicted octanol–water partition coefficient (Wildman–Crippen LogP) is 4.15. The fourth-order valence-corrected chi connectivity index (χ4v) is 9.40. The van der Waals surface area contributed by atoms with E-state index >= 15 is 0 Å². The van der Waals surface area contributed by atoms with Gasteiger partial charge in [0.25, 0.3) is 8.32 Å². The second-order valence-corrected chi connectivity index (χ2v) is 13.3. The third-order valence-electron chi connectivity index (χ3n) is 6.33. The molecule has 0 saturated carbocycles. The number of hydrogen-bond acceptors (Lipinski definition) is 2. The zero-order chi connectivity index (χ0) is 19.1. The lowest BCUT2D eigenvalue weighted by molar-refractivity contribution is 0.0956. The van der Waals surface area contributed by atoms with Gasteiger partial charge in [-0.2, -0.15) is 0 Å². The maximum Gasteiger partial charge on any atom is 0.261 e. The Labute approximate surface area is 164 Å². The summed E-state index contributed by atoms with van der Waals surface area (Å²) in [5, 5.41) is 2.71. The van der Waals surface area contributed by atoms with Crippen molar-refractivity contribution in [3.05, 3.63) is 72.8 Å². The Bertz CT molecular complexity index is 755. The van der Waals surface area contributed by atoms with Crippen LogP contribution < -0.4 is 10.4 Å². The van der Waals surface area contributed by atoms with Crippen LogP contribution in [0.4, 0.5) is 0 Å². The number of hydrogen-bond donors (Lipinski definition) is 0. The Morgan fingerprint density at radius 3 is 1.81 bits per heavy atom. The molecular formula is C24H30O2Si. The first kappa shape index (κ1) is 18.7. The quantitative estimate of drug-likeness (QED) is 0.575. The Hall–Kier alpha value is -1.68. The second-order valence-electron chi connectivity index (χ2n) is 8.95. The molecule has 4 rings (SSSR count). The first-order chi connectivity index (χ1) is 12.9. The van der Waals surface area contributed by atoms with E-state index in [9.17, 15) is 0 Å². The van der Waals surface area contributed by atoms with Crippen LogP contribution in [0.15, 0.2) is 72.8 Å². The summed E-state index contributed by atoms with van der Waals surface area (Å²) in [6.07, 6.45) is 4.92. The minimum atomic E-state index is -2.45. The molecule has 0 aliphatic carbocycles. The standard InChI is InChI=1S/C24H30O2Si/c1-18-21(23-16-15-22(18)26-23)17-25-27(24(2,3)4,19-11-7-5-8-12-19)20-13-9-6-10-14-20/h5-16,18,21-23H,17H2,1-4H3/t18-,21+,22+,23-/m0/s1. The summed E-state index contributed by atoms with van der Waals surface area (Å²) in [6, 6.07) is 21.8. The summed E-state index contributed by atoms with van der Waals surface area (Å²) in [6.45, 7) is 10.0. The van der Waals surface area contributed by atoms with Gasteiger partial charge in [-0.1, -0.05) is 101 Å². The summed E-state index contributed by atoms with van der Waals surface area (Å²) >= 11 is 0. The van der Waals surface area contributed by atoms with E-state index in [0.29, 0.717) is 11.8 Å². The summed E-state index contributed by atoms with van der Waals surface area (Å²) in [4.78, 5) is 0. The largest absolute Gasteiger partial charge is 0.407 e. The number of ether oxygens (including phenoxy) is 1. The highest BCUT2D eigenvalue weighted by Gasteiger charge is 2.52. The van der Waals surface area contributed by atoms with Gasteiger partial charge in [0.15, 0.2) is 0 Å². The Kier molecular flexibility index (Phi) is 4.87. The highest BCUT2D eigenvalue weighted by Crippen LogP contribution is 2.41. The molecular weight excluding hydrogens is 348 g/mol. The third-order valence-corrected chi connectivity index (χ3v) is 11.3. The van der Waals surface area contributed by atoms with E-state index in [1.165, 1.54) is 10.4 Å². The van der Waals surface area contributed by atoms with Gasteiger partial charge < -0.3 is 9.16 Å². The Balaban J connectivity index is 1.75. The number of fused-ring (bicyclic) bond motifs is 2. The van der Waals surface area contributed by atoms with Crippen molar-refractivity contribution in [2.45, 2.75) is 44.9 Å². The van der Waals surface area contributed by atoms with Crippen LogP contribution in [0.25, 0.3) is 0 Å². The van der Waals surface area contributed by atoms with Crippen molar-refractivity contribution >= 4 is 18.7 Å². The van der Waals surface area contributed by atoms with Crippen molar-refractivity contribution in [1.29, 1.82) is 0 Å². The van der Waals surface area contributed by atoms with E-state index < -0.39 is 8.32 Å². The van der Waals surface area contributed by atoms with Gasteiger partial charge in [-0.05, 0) is 21.3 Å². The summed E-state index contributed by atoms with van der Waals surface area (Å²) in [5.74, 6) is 0.944. The topological polar surface area (TPSA) is 18.5 Å². The highest BCUT2D eigenvalue weighted by molar-refractivity contribution is 6.99. The van der Waals surface area contributed by atoms with Gasteiger partial charge in [0.1, 0.15) is 0 Å². The zero-order valence-electron chi connectivity index (χ0n) is 16.8. The molecule has 0 amide bonds. The molecule has 0 N–H and O–H groups in total. The van der Waals surface area contributed by atoms with Crippen LogP contribution in [0.2, 0.25) is 5.04 Å². The summed E-state index contributed by atoms with van der Waals surface area (Å²) in [5.41, 5.74) is 0. The van der Waals surface area contributed by atoms with Gasteiger partial charge >= 0.3 is 0 Å². The fourth-order valence-electron chi connectivity index (χ4n) is 4.81. The van der Waals surface area contributed by atoms with E-state index in [2.05, 4.69) is 101 Å². The van der Waals surface area contributed by atoms with Crippen molar-refractivity contribution in [2.24, 2.45) is 11.8 Å². The van der Waals surface area contributed by atoms with E-state index in [-0.39, 0.29) is 17.2 Å². The molecule has 2 aliphatic heterocycles. The maximum absolute atomic E-state index is 7.10. The first-order valence-electron chi connectivity index (χ1n) is 10.0. The molecule has 2 aromatic carbocycles. The third kappa shape index (κ3) is 3.12. The highest BCUT2D eigenvalue weighted by atomic mass is 28.4. The molecule has 3 heteroatoms. The van der Waals surface area contributed by atoms with E-state index in [4.69, 9.17) is 9.16 Å². The second kappa shape index (κ2) is 7.05. The van der Waals surface area contributed by atoms with E-state index in [0.717, 1.165) is 6.61 Å². The Morgan fingerprint density at radius 2 is 1.37 bits per heavy atom. The Morgan fingerprint density at radius 1 is 0.852 bits per heavy atom. The lowest BCUT2D eigenvalue weighted by Gasteiger charge is -2.44. The molecule has 0 aromatic heterocycles. The lowest BCUT2D eigenvalue weighted by Crippen LogP contribution is -2.67. The van der Waals surface area contributed by atoms with Crippen LogP contribution in [0.1, 0.15) is 27.7 Å². The van der Waals surface area contributed by atoms with Crippen molar-refractivity contribution in [2.75, 3.05) is 6.61 Å². The molecule has 1 saturated heterocycles. The van der Waals surface area contributed by atoms with Gasteiger partial charge in [-0.25, -0.2) is 0 Å². The van der Waals surface area contributed by atoms with Gasteiger partial charge in [0, 0.05) is 12.5 Å².